The van der Waals surface area contributed by atoms with Crippen molar-refractivity contribution in [2.24, 2.45) is 0 Å². The summed E-state index contributed by atoms with van der Waals surface area (Å²) in [5, 5.41) is 3.25. The lowest BCUT2D eigenvalue weighted by Crippen LogP contribution is -2.25. The van der Waals surface area contributed by atoms with Crippen molar-refractivity contribution < 1.29 is 4.79 Å². The number of imidazole rings is 1. The third-order valence-corrected chi connectivity index (χ3v) is 2.84. The first-order valence-electron chi connectivity index (χ1n) is 5.47. The van der Waals surface area contributed by atoms with Crippen molar-refractivity contribution in [2.45, 2.75) is 6.42 Å². The van der Waals surface area contributed by atoms with Crippen LogP contribution in [-0.4, -0.2) is 22.4 Å². The van der Waals surface area contributed by atoms with E-state index in [2.05, 4.69) is 15.3 Å². The second kappa shape index (κ2) is 5.55. The molecule has 0 aliphatic carbocycles. The molecule has 1 amide bonds. The highest BCUT2D eigenvalue weighted by molar-refractivity contribution is 6.33. The molecule has 0 radical (unpaired) electrons. The molecule has 0 atom stereocenters. The Morgan fingerprint density at radius 2 is 2.33 bits per heavy atom. The van der Waals surface area contributed by atoms with Gasteiger partial charge in [-0.1, -0.05) is 11.6 Å². The first-order valence-corrected chi connectivity index (χ1v) is 5.85. The van der Waals surface area contributed by atoms with Crippen LogP contribution >= 0.6 is 11.6 Å². The maximum Gasteiger partial charge on any atom is 0.251 e. The number of benzene rings is 1. The Morgan fingerprint density at radius 3 is 3.00 bits per heavy atom. The number of hydrogen-bond donors (Lipinski definition) is 3. The first-order chi connectivity index (χ1) is 8.66. The molecular formula is C12H13ClN4O. The summed E-state index contributed by atoms with van der Waals surface area (Å²) in [6.45, 7) is 0.531. The molecule has 0 spiro atoms. The zero-order valence-electron chi connectivity index (χ0n) is 9.61. The molecule has 5 nitrogen and oxygen atoms in total. The smallest absolute Gasteiger partial charge is 0.251 e. The predicted octanol–water partition coefficient (Wildman–Crippen LogP) is 1.62. The van der Waals surface area contributed by atoms with Gasteiger partial charge in [0.1, 0.15) is 0 Å². The van der Waals surface area contributed by atoms with Gasteiger partial charge in [0.05, 0.1) is 17.0 Å². The topological polar surface area (TPSA) is 83.8 Å². The van der Waals surface area contributed by atoms with E-state index in [1.165, 1.54) is 0 Å². The molecule has 0 saturated heterocycles. The summed E-state index contributed by atoms with van der Waals surface area (Å²) in [7, 11) is 0. The van der Waals surface area contributed by atoms with Gasteiger partial charge in [-0.3, -0.25) is 4.79 Å². The van der Waals surface area contributed by atoms with Gasteiger partial charge < -0.3 is 16.0 Å². The number of anilines is 1. The molecule has 6 heteroatoms. The van der Waals surface area contributed by atoms with E-state index in [0.29, 0.717) is 29.2 Å². The standard InChI is InChI=1S/C12H13ClN4O/c13-10-2-1-8(5-11(10)14)12(18)16-4-3-9-6-15-7-17-9/h1-2,5-7H,3-4,14H2,(H,15,17)(H,16,18). The SMILES string of the molecule is Nc1cc(C(=O)NCCc2cnc[nH]2)ccc1Cl. The van der Waals surface area contributed by atoms with E-state index in [1.54, 1.807) is 30.7 Å². The van der Waals surface area contributed by atoms with E-state index >= 15 is 0 Å². The van der Waals surface area contributed by atoms with Gasteiger partial charge >= 0.3 is 0 Å². The first kappa shape index (κ1) is 12.4. The second-order valence-electron chi connectivity index (χ2n) is 3.82. The average Bonchev–Trinajstić information content (AvgIpc) is 2.85. The third-order valence-electron chi connectivity index (χ3n) is 2.49. The highest BCUT2D eigenvalue weighted by Crippen LogP contribution is 2.19. The number of amides is 1. The minimum absolute atomic E-state index is 0.169. The van der Waals surface area contributed by atoms with Crippen LogP contribution in [0.2, 0.25) is 5.02 Å². The van der Waals surface area contributed by atoms with Gasteiger partial charge in [-0.25, -0.2) is 4.98 Å². The van der Waals surface area contributed by atoms with Gasteiger partial charge in [0.15, 0.2) is 0 Å². The molecule has 1 aromatic carbocycles. The molecule has 2 rings (SSSR count). The Balaban J connectivity index is 1.89. The molecule has 2 aromatic rings. The zero-order valence-corrected chi connectivity index (χ0v) is 10.4. The molecule has 4 N–H and O–H groups in total. The lowest BCUT2D eigenvalue weighted by Gasteiger charge is -2.05. The van der Waals surface area contributed by atoms with Crippen LogP contribution in [0.1, 0.15) is 16.1 Å². The number of nitrogens with two attached hydrogens (primary N) is 1. The van der Waals surface area contributed by atoms with Crippen LogP contribution in [0, 0.1) is 0 Å². The molecule has 0 unspecified atom stereocenters. The van der Waals surface area contributed by atoms with Crippen LogP contribution in [0.4, 0.5) is 5.69 Å². The van der Waals surface area contributed by atoms with E-state index in [1.807, 2.05) is 0 Å². The highest BCUT2D eigenvalue weighted by atomic mass is 35.5. The van der Waals surface area contributed by atoms with Crippen molar-refractivity contribution in [3.05, 3.63) is 47.0 Å². The van der Waals surface area contributed by atoms with E-state index in [0.717, 1.165) is 5.69 Å². The lowest BCUT2D eigenvalue weighted by molar-refractivity contribution is 0.0954. The van der Waals surface area contributed by atoms with Crippen molar-refractivity contribution in [1.82, 2.24) is 15.3 Å². The van der Waals surface area contributed by atoms with Crippen molar-refractivity contribution in [1.29, 1.82) is 0 Å². The Morgan fingerprint density at radius 1 is 1.50 bits per heavy atom. The van der Waals surface area contributed by atoms with Crippen LogP contribution in [0.15, 0.2) is 30.7 Å². The number of aromatic amines is 1. The molecule has 0 bridgehead atoms. The molecule has 0 aliphatic rings. The summed E-state index contributed by atoms with van der Waals surface area (Å²) in [6.07, 6.45) is 4.04. The maximum atomic E-state index is 11.8. The highest BCUT2D eigenvalue weighted by Gasteiger charge is 2.07. The second-order valence-corrected chi connectivity index (χ2v) is 4.23. The number of halogens is 1. The fourth-order valence-corrected chi connectivity index (χ4v) is 1.64. The molecule has 1 aromatic heterocycles. The van der Waals surface area contributed by atoms with Gasteiger partial charge in [-0.05, 0) is 18.2 Å². The molecule has 94 valence electrons. The fraction of sp³-hybridized carbons (Fsp3) is 0.167. The van der Waals surface area contributed by atoms with Gasteiger partial charge in [0, 0.05) is 30.4 Å². The summed E-state index contributed by atoms with van der Waals surface area (Å²) >= 11 is 5.79. The van der Waals surface area contributed by atoms with Gasteiger partial charge in [0.2, 0.25) is 0 Å². The summed E-state index contributed by atoms with van der Waals surface area (Å²) in [5.74, 6) is -0.169. The molecule has 0 saturated carbocycles. The molecule has 0 aliphatic heterocycles. The van der Waals surface area contributed by atoms with E-state index in [9.17, 15) is 4.79 Å². The third kappa shape index (κ3) is 3.01. The van der Waals surface area contributed by atoms with Gasteiger partial charge in [-0.15, -0.1) is 0 Å². The van der Waals surface area contributed by atoms with Gasteiger partial charge in [-0.2, -0.15) is 0 Å². The molecule has 18 heavy (non-hydrogen) atoms. The number of nitrogens with one attached hydrogen (secondary N) is 2. The van der Waals surface area contributed by atoms with Crippen LogP contribution < -0.4 is 11.1 Å². The lowest BCUT2D eigenvalue weighted by atomic mass is 10.2. The number of carbonyl (C=O) groups is 1. The Kier molecular flexibility index (Phi) is 3.84. The van der Waals surface area contributed by atoms with Crippen molar-refractivity contribution in [3.63, 3.8) is 0 Å². The van der Waals surface area contributed by atoms with Crippen LogP contribution in [0.3, 0.4) is 0 Å². The molecule has 0 fully saturated rings. The van der Waals surface area contributed by atoms with Crippen LogP contribution in [0.5, 0.6) is 0 Å². The summed E-state index contributed by atoms with van der Waals surface area (Å²) in [6, 6.07) is 4.82. The zero-order chi connectivity index (χ0) is 13.0. The predicted molar refractivity (Wildman–Crippen MR) is 70.5 cm³/mol. The number of rotatable bonds is 4. The number of H-pyrrole nitrogens is 1. The van der Waals surface area contributed by atoms with Crippen molar-refractivity contribution >= 4 is 23.2 Å². The van der Waals surface area contributed by atoms with Gasteiger partial charge in [0.25, 0.3) is 5.91 Å². The van der Waals surface area contributed by atoms with E-state index < -0.39 is 0 Å². The van der Waals surface area contributed by atoms with Crippen molar-refractivity contribution in [2.75, 3.05) is 12.3 Å². The summed E-state index contributed by atoms with van der Waals surface area (Å²) in [5.41, 5.74) is 7.52. The quantitative estimate of drug-likeness (QED) is 0.734. The van der Waals surface area contributed by atoms with Crippen LogP contribution in [0.25, 0.3) is 0 Å². The van der Waals surface area contributed by atoms with Crippen LogP contribution in [-0.2, 0) is 6.42 Å². The minimum atomic E-state index is -0.169. The molecule has 1 heterocycles. The minimum Gasteiger partial charge on any atom is -0.398 e. The Bertz CT molecular complexity index is 539. The average molecular weight is 265 g/mol. The number of aromatic nitrogens is 2. The number of nitrogens with zero attached hydrogens (tertiary/aromatic N) is 1. The number of hydrogen-bond acceptors (Lipinski definition) is 3. The molecular weight excluding hydrogens is 252 g/mol. The summed E-state index contributed by atoms with van der Waals surface area (Å²) < 4.78 is 0. The number of carbonyl (C=O) groups excluding carboxylic acids is 1. The Hall–Kier alpha value is -2.01. The largest absolute Gasteiger partial charge is 0.398 e. The monoisotopic (exact) mass is 264 g/mol. The fourth-order valence-electron chi connectivity index (χ4n) is 1.52. The van der Waals surface area contributed by atoms with E-state index in [4.69, 9.17) is 17.3 Å². The van der Waals surface area contributed by atoms with Crippen molar-refractivity contribution in [3.8, 4) is 0 Å². The maximum absolute atomic E-state index is 11.8. The Labute approximate surface area is 109 Å². The summed E-state index contributed by atoms with van der Waals surface area (Å²) in [4.78, 5) is 18.7. The normalized spacial score (nSPS) is 10.3. The number of nitrogen functional groups attached to an aromatic ring is 1. The van der Waals surface area contributed by atoms with E-state index in [-0.39, 0.29) is 5.91 Å².